The van der Waals surface area contributed by atoms with Crippen LogP contribution in [-0.4, -0.2) is 24.3 Å². The lowest BCUT2D eigenvalue weighted by molar-refractivity contribution is -0.137. The van der Waals surface area contributed by atoms with Crippen LogP contribution in [0.1, 0.15) is 77.6 Å². The Kier molecular flexibility index (Phi) is 14.0. The van der Waals surface area contributed by atoms with Crippen molar-refractivity contribution in [3.63, 3.8) is 0 Å². The highest BCUT2D eigenvalue weighted by Gasteiger charge is 1.96. The summed E-state index contributed by atoms with van der Waals surface area (Å²) >= 11 is 0. The average molecular weight is 258 g/mol. The van der Waals surface area contributed by atoms with Crippen LogP contribution in [0.3, 0.4) is 0 Å². The first kappa shape index (κ1) is 17.4. The topological polar surface area (TPSA) is 49.8 Å². The van der Waals surface area contributed by atoms with Crippen molar-refractivity contribution in [3.05, 3.63) is 0 Å². The van der Waals surface area contributed by atoms with Crippen LogP contribution < -0.4 is 0 Å². The van der Waals surface area contributed by atoms with Crippen molar-refractivity contribution in [2.45, 2.75) is 77.6 Å². The van der Waals surface area contributed by atoms with Crippen molar-refractivity contribution in [1.82, 2.24) is 0 Å². The van der Waals surface area contributed by atoms with Gasteiger partial charge in [-0.1, -0.05) is 64.7 Å². The van der Waals surface area contributed by atoms with E-state index in [9.17, 15) is 4.79 Å². The minimum Gasteiger partial charge on any atom is -0.481 e. The average Bonchev–Trinajstić information content (AvgIpc) is 3.19. The lowest BCUT2D eigenvalue weighted by atomic mass is 10.1. The minimum absolute atomic E-state index is 0.344. The molecule has 0 atom stereocenters. The predicted octanol–water partition coefficient (Wildman–Crippen LogP) is 4.40. The molecule has 1 fully saturated rings. The number of ether oxygens (including phenoxy) is 1. The van der Waals surface area contributed by atoms with E-state index in [1.165, 1.54) is 51.4 Å². The van der Waals surface area contributed by atoms with Crippen molar-refractivity contribution in [2.24, 2.45) is 0 Å². The lowest BCUT2D eigenvalue weighted by Gasteiger charge is -2.01. The molecule has 0 aromatic rings. The second-order valence-electron chi connectivity index (χ2n) is 4.94. The van der Waals surface area contributed by atoms with E-state index in [-0.39, 0.29) is 0 Å². The third-order valence-electron chi connectivity index (χ3n) is 2.95. The minimum atomic E-state index is -0.658. The highest BCUT2D eigenvalue weighted by molar-refractivity contribution is 5.66. The fourth-order valence-corrected chi connectivity index (χ4v) is 1.76. The van der Waals surface area contributed by atoms with Crippen LogP contribution >= 0.6 is 0 Å². The SMILES string of the molecule is C1CO1.CCCCCCCCCCCCC(=O)O. The summed E-state index contributed by atoms with van der Waals surface area (Å²) in [7, 11) is 0. The summed E-state index contributed by atoms with van der Waals surface area (Å²) < 4.78 is 4.50. The van der Waals surface area contributed by atoms with Gasteiger partial charge in [0.15, 0.2) is 0 Å². The molecule has 0 aromatic carbocycles. The Balaban J connectivity index is 0.000000827. The molecule has 0 unspecified atom stereocenters. The third-order valence-corrected chi connectivity index (χ3v) is 2.95. The Hall–Kier alpha value is -0.570. The molecule has 1 heterocycles. The van der Waals surface area contributed by atoms with E-state index in [2.05, 4.69) is 11.7 Å². The number of rotatable bonds is 11. The molecule has 3 heteroatoms. The summed E-state index contributed by atoms with van der Waals surface area (Å²) in [4.78, 5) is 10.2. The monoisotopic (exact) mass is 258 g/mol. The van der Waals surface area contributed by atoms with E-state index < -0.39 is 5.97 Å². The molecule has 0 aliphatic carbocycles. The molecule has 1 N–H and O–H groups in total. The normalized spacial score (nSPS) is 12.7. The predicted molar refractivity (Wildman–Crippen MR) is 74.9 cm³/mol. The molecule has 0 saturated carbocycles. The fourth-order valence-electron chi connectivity index (χ4n) is 1.76. The summed E-state index contributed by atoms with van der Waals surface area (Å²) in [5.41, 5.74) is 0. The third kappa shape index (κ3) is 20.8. The number of aliphatic carboxylic acids is 1. The van der Waals surface area contributed by atoms with Crippen molar-refractivity contribution >= 4 is 5.97 Å². The zero-order valence-corrected chi connectivity index (χ0v) is 12.0. The molecule has 1 aliphatic rings. The molecular formula is C15H30O3. The number of carboxylic acids is 1. The van der Waals surface area contributed by atoms with Crippen LogP contribution in [0.4, 0.5) is 0 Å². The van der Waals surface area contributed by atoms with Gasteiger partial charge in [-0.05, 0) is 6.42 Å². The van der Waals surface area contributed by atoms with E-state index >= 15 is 0 Å². The van der Waals surface area contributed by atoms with Crippen molar-refractivity contribution in [1.29, 1.82) is 0 Å². The van der Waals surface area contributed by atoms with Gasteiger partial charge in [0, 0.05) is 6.42 Å². The summed E-state index contributed by atoms with van der Waals surface area (Å²) in [6, 6.07) is 0. The highest BCUT2D eigenvalue weighted by Crippen LogP contribution is 2.10. The first-order chi connectivity index (χ1) is 8.77. The van der Waals surface area contributed by atoms with E-state index in [4.69, 9.17) is 5.11 Å². The van der Waals surface area contributed by atoms with Crippen LogP contribution in [-0.2, 0) is 9.53 Å². The second kappa shape index (κ2) is 14.5. The first-order valence-electron chi connectivity index (χ1n) is 7.57. The number of carbonyl (C=O) groups is 1. The quantitative estimate of drug-likeness (QED) is 0.441. The van der Waals surface area contributed by atoms with Crippen molar-refractivity contribution < 1.29 is 14.6 Å². The number of epoxide rings is 1. The van der Waals surface area contributed by atoms with Gasteiger partial charge >= 0.3 is 5.97 Å². The zero-order valence-electron chi connectivity index (χ0n) is 12.0. The summed E-state index contributed by atoms with van der Waals surface area (Å²) in [6.07, 6.45) is 12.9. The fraction of sp³-hybridized carbons (Fsp3) is 0.933. The lowest BCUT2D eigenvalue weighted by Crippen LogP contribution is -1.93. The highest BCUT2D eigenvalue weighted by atomic mass is 16.6. The van der Waals surface area contributed by atoms with Gasteiger partial charge in [-0.15, -0.1) is 0 Å². The molecule has 0 bridgehead atoms. The summed E-state index contributed by atoms with van der Waals surface area (Å²) in [6.45, 7) is 4.24. The van der Waals surface area contributed by atoms with Crippen molar-refractivity contribution in [2.75, 3.05) is 13.2 Å². The number of unbranched alkanes of at least 4 members (excludes halogenated alkanes) is 9. The molecule has 1 saturated heterocycles. The molecule has 1 rings (SSSR count). The van der Waals surface area contributed by atoms with E-state index in [0.29, 0.717) is 6.42 Å². The molecule has 0 aromatic heterocycles. The Labute approximate surface area is 112 Å². The Morgan fingerprint density at radius 1 is 0.889 bits per heavy atom. The van der Waals surface area contributed by atoms with Crippen LogP contribution in [0.25, 0.3) is 0 Å². The molecule has 0 spiro atoms. The van der Waals surface area contributed by atoms with Gasteiger partial charge in [-0.3, -0.25) is 4.79 Å². The molecule has 18 heavy (non-hydrogen) atoms. The second-order valence-corrected chi connectivity index (χ2v) is 4.94. The van der Waals surface area contributed by atoms with Gasteiger partial charge in [-0.2, -0.15) is 0 Å². The number of carboxylic acid groups (broad SMARTS) is 1. The van der Waals surface area contributed by atoms with Crippen LogP contribution in [0.5, 0.6) is 0 Å². The molecule has 1 aliphatic heterocycles. The maximum Gasteiger partial charge on any atom is 0.303 e. The van der Waals surface area contributed by atoms with Gasteiger partial charge in [0.1, 0.15) is 0 Å². The van der Waals surface area contributed by atoms with E-state index in [1.807, 2.05) is 0 Å². The number of hydrogen-bond donors (Lipinski definition) is 1. The summed E-state index contributed by atoms with van der Waals surface area (Å²) in [5.74, 6) is -0.658. The Morgan fingerprint density at radius 3 is 1.61 bits per heavy atom. The van der Waals surface area contributed by atoms with Gasteiger partial charge in [0.2, 0.25) is 0 Å². The van der Waals surface area contributed by atoms with Crippen molar-refractivity contribution in [3.8, 4) is 0 Å². The van der Waals surface area contributed by atoms with Gasteiger partial charge in [0.25, 0.3) is 0 Å². The maximum absolute atomic E-state index is 10.2. The van der Waals surface area contributed by atoms with E-state index in [1.54, 1.807) is 0 Å². The van der Waals surface area contributed by atoms with Crippen LogP contribution in [0.15, 0.2) is 0 Å². The number of hydrogen-bond acceptors (Lipinski definition) is 2. The Bertz CT molecular complexity index is 176. The van der Waals surface area contributed by atoms with E-state index in [0.717, 1.165) is 26.1 Å². The smallest absolute Gasteiger partial charge is 0.303 e. The standard InChI is InChI=1S/C13H26O2.C2H4O/c1-2-3-4-5-6-7-8-9-10-11-12-13(14)15;1-2-3-1/h2-12H2,1H3,(H,14,15);1-2H2. The van der Waals surface area contributed by atoms with Gasteiger partial charge in [-0.25, -0.2) is 0 Å². The molecular weight excluding hydrogens is 228 g/mol. The zero-order chi connectivity index (χ0) is 13.5. The van der Waals surface area contributed by atoms with Gasteiger partial charge < -0.3 is 9.84 Å². The first-order valence-corrected chi connectivity index (χ1v) is 7.57. The maximum atomic E-state index is 10.2. The Morgan fingerprint density at radius 2 is 1.28 bits per heavy atom. The largest absolute Gasteiger partial charge is 0.481 e. The van der Waals surface area contributed by atoms with Gasteiger partial charge in [0.05, 0.1) is 13.2 Å². The molecule has 0 radical (unpaired) electrons. The summed E-state index contributed by atoms with van der Waals surface area (Å²) in [5, 5.41) is 8.44. The molecule has 0 amide bonds. The molecule has 3 nitrogen and oxygen atoms in total. The van der Waals surface area contributed by atoms with Crippen LogP contribution in [0.2, 0.25) is 0 Å². The molecule has 108 valence electrons. The van der Waals surface area contributed by atoms with Crippen LogP contribution in [0, 0.1) is 0 Å².